The van der Waals surface area contributed by atoms with Crippen molar-refractivity contribution in [3.05, 3.63) is 0 Å². The van der Waals surface area contributed by atoms with Crippen molar-refractivity contribution >= 4 is 22.2 Å². The minimum atomic E-state index is -4.41. The zero-order valence-corrected chi connectivity index (χ0v) is 6.92. The Morgan fingerprint density at radius 2 is 1.80 bits per heavy atom. The molecule has 1 fully saturated rings. The van der Waals surface area contributed by atoms with Crippen LogP contribution < -0.4 is 0 Å². The summed E-state index contributed by atoms with van der Waals surface area (Å²) in [5.41, 5.74) is 0. The first kappa shape index (κ1) is 8.29. The van der Waals surface area contributed by atoms with E-state index in [1.54, 1.807) is 11.8 Å². The molecule has 3 nitrogen and oxygen atoms in total. The van der Waals surface area contributed by atoms with Gasteiger partial charge in [0.25, 0.3) is 0 Å². The Bertz CT molecular complexity index is 197. The second kappa shape index (κ2) is 3.06. The molecule has 0 aromatic rings. The van der Waals surface area contributed by atoms with E-state index in [4.69, 9.17) is 0 Å². The second-order valence-electron chi connectivity index (χ2n) is 1.95. The summed E-state index contributed by atoms with van der Waals surface area (Å²) < 4.78 is 33.5. The Balaban J connectivity index is 2.56. The molecule has 0 amide bonds. The molecule has 1 aliphatic rings. The first-order valence-corrected chi connectivity index (χ1v) is 5.38. The van der Waals surface area contributed by atoms with Crippen LogP contribution in [0.1, 0.15) is 0 Å². The predicted octanol–water partition coefficient (Wildman–Crippen LogP) is 0.250. The third-order valence-corrected chi connectivity index (χ3v) is 3.20. The van der Waals surface area contributed by atoms with Crippen molar-refractivity contribution < 1.29 is 12.3 Å². The number of halogens is 1. The van der Waals surface area contributed by atoms with E-state index in [2.05, 4.69) is 0 Å². The molecule has 0 spiro atoms. The van der Waals surface area contributed by atoms with Crippen molar-refractivity contribution in [2.45, 2.75) is 0 Å². The van der Waals surface area contributed by atoms with Crippen molar-refractivity contribution in [3.63, 3.8) is 0 Å². The Labute approximate surface area is 63.9 Å². The summed E-state index contributed by atoms with van der Waals surface area (Å²) in [4.78, 5) is 0. The van der Waals surface area contributed by atoms with Crippen molar-refractivity contribution in [2.75, 3.05) is 24.6 Å². The van der Waals surface area contributed by atoms with Gasteiger partial charge in [0.2, 0.25) is 0 Å². The van der Waals surface area contributed by atoms with E-state index in [0.717, 1.165) is 4.31 Å². The average Bonchev–Trinajstić information content (AvgIpc) is 1.88. The fraction of sp³-hybridized carbons (Fsp3) is 1.00. The highest BCUT2D eigenvalue weighted by molar-refractivity contribution is 7.99. The molecule has 0 unspecified atom stereocenters. The van der Waals surface area contributed by atoms with E-state index in [-0.39, 0.29) is 0 Å². The SMILES string of the molecule is O=S(=O)(F)N1CCSCC1. The van der Waals surface area contributed by atoms with Gasteiger partial charge in [-0.25, -0.2) is 0 Å². The third kappa shape index (κ3) is 2.10. The molecule has 0 bridgehead atoms. The summed E-state index contributed by atoms with van der Waals surface area (Å²) in [7, 11) is -4.41. The molecule has 0 N–H and O–H groups in total. The number of rotatable bonds is 1. The third-order valence-electron chi connectivity index (χ3n) is 1.28. The molecule has 0 saturated carbocycles. The molecule has 0 aromatic heterocycles. The van der Waals surface area contributed by atoms with Gasteiger partial charge in [0, 0.05) is 24.6 Å². The normalized spacial score (nSPS) is 22.9. The van der Waals surface area contributed by atoms with Gasteiger partial charge in [-0.05, 0) is 0 Å². The van der Waals surface area contributed by atoms with Gasteiger partial charge < -0.3 is 0 Å². The maximum absolute atomic E-state index is 12.2. The molecule has 0 radical (unpaired) electrons. The first-order chi connectivity index (χ1) is 4.61. The van der Waals surface area contributed by atoms with Gasteiger partial charge in [0.1, 0.15) is 0 Å². The van der Waals surface area contributed by atoms with E-state index in [1.807, 2.05) is 0 Å². The topological polar surface area (TPSA) is 37.4 Å². The van der Waals surface area contributed by atoms with E-state index in [0.29, 0.717) is 24.6 Å². The highest BCUT2D eigenvalue weighted by Gasteiger charge is 2.22. The van der Waals surface area contributed by atoms with Crippen LogP contribution in [0.25, 0.3) is 0 Å². The minimum absolute atomic E-state index is 0.309. The van der Waals surface area contributed by atoms with Crippen LogP contribution >= 0.6 is 11.8 Å². The zero-order chi connectivity index (χ0) is 7.61. The molecular formula is C4H8FNO2S2. The predicted molar refractivity (Wildman–Crippen MR) is 38.9 cm³/mol. The lowest BCUT2D eigenvalue weighted by Gasteiger charge is -2.20. The standard InChI is InChI=1S/C4H8FNO2S2/c5-10(7,8)6-1-3-9-4-2-6/h1-4H2. The summed E-state index contributed by atoms with van der Waals surface area (Å²) >= 11 is 1.64. The summed E-state index contributed by atoms with van der Waals surface area (Å²) in [5.74, 6) is 1.40. The van der Waals surface area contributed by atoms with Gasteiger partial charge in [-0.2, -0.15) is 24.5 Å². The monoisotopic (exact) mass is 185 g/mol. The zero-order valence-electron chi connectivity index (χ0n) is 5.29. The van der Waals surface area contributed by atoms with Crippen molar-refractivity contribution in [1.82, 2.24) is 4.31 Å². The van der Waals surface area contributed by atoms with Crippen LogP contribution in [0.5, 0.6) is 0 Å². The second-order valence-corrected chi connectivity index (χ2v) is 4.52. The van der Waals surface area contributed by atoms with E-state index in [1.165, 1.54) is 0 Å². The van der Waals surface area contributed by atoms with Crippen molar-refractivity contribution in [1.29, 1.82) is 0 Å². The number of hydrogen-bond acceptors (Lipinski definition) is 3. The fourth-order valence-electron chi connectivity index (χ4n) is 0.765. The van der Waals surface area contributed by atoms with Gasteiger partial charge in [-0.1, -0.05) is 3.89 Å². The summed E-state index contributed by atoms with van der Waals surface area (Å²) in [6.07, 6.45) is 0. The molecule has 6 heteroatoms. The Morgan fingerprint density at radius 3 is 2.10 bits per heavy atom. The largest absolute Gasteiger partial charge is 0.374 e. The Morgan fingerprint density at radius 1 is 1.30 bits per heavy atom. The van der Waals surface area contributed by atoms with Crippen LogP contribution in [0.3, 0.4) is 0 Å². The van der Waals surface area contributed by atoms with Crippen LogP contribution in [-0.2, 0) is 10.4 Å². The van der Waals surface area contributed by atoms with Crippen LogP contribution in [0.15, 0.2) is 0 Å². The summed E-state index contributed by atoms with van der Waals surface area (Å²) in [6.45, 7) is 0.618. The number of hydrogen-bond donors (Lipinski definition) is 0. The van der Waals surface area contributed by atoms with Gasteiger partial charge in [-0.15, -0.1) is 0 Å². The van der Waals surface area contributed by atoms with Gasteiger partial charge >= 0.3 is 10.4 Å². The lowest BCUT2D eigenvalue weighted by Crippen LogP contribution is -2.35. The summed E-state index contributed by atoms with van der Waals surface area (Å²) in [5, 5.41) is 0. The van der Waals surface area contributed by atoms with Crippen LogP contribution in [-0.4, -0.2) is 37.3 Å². The van der Waals surface area contributed by atoms with Crippen molar-refractivity contribution in [2.24, 2.45) is 0 Å². The van der Waals surface area contributed by atoms with E-state index in [9.17, 15) is 12.3 Å². The van der Waals surface area contributed by atoms with E-state index >= 15 is 0 Å². The molecule has 1 aliphatic heterocycles. The maximum Gasteiger partial charge on any atom is 0.374 e. The molecule has 0 aromatic carbocycles. The highest BCUT2D eigenvalue weighted by atomic mass is 32.3. The summed E-state index contributed by atoms with van der Waals surface area (Å²) in [6, 6.07) is 0. The molecular weight excluding hydrogens is 177 g/mol. The van der Waals surface area contributed by atoms with Crippen LogP contribution in [0, 0.1) is 0 Å². The Hall–Kier alpha value is 0.190. The van der Waals surface area contributed by atoms with E-state index < -0.39 is 10.4 Å². The molecule has 60 valence electrons. The van der Waals surface area contributed by atoms with Gasteiger partial charge in [-0.3, -0.25) is 0 Å². The number of thioether (sulfide) groups is 1. The maximum atomic E-state index is 12.2. The minimum Gasteiger partial charge on any atom is -0.177 e. The quantitative estimate of drug-likeness (QED) is 0.549. The molecule has 1 rings (SSSR count). The van der Waals surface area contributed by atoms with Gasteiger partial charge in [0.15, 0.2) is 0 Å². The number of nitrogens with zero attached hydrogens (tertiary/aromatic N) is 1. The highest BCUT2D eigenvalue weighted by Crippen LogP contribution is 2.13. The Kier molecular flexibility index (Phi) is 2.54. The van der Waals surface area contributed by atoms with Crippen molar-refractivity contribution in [3.8, 4) is 0 Å². The first-order valence-electron chi connectivity index (χ1n) is 2.88. The molecule has 10 heavy (non-hydrogen) atoms. The lowest BCUT2D eigenvalue weighted by molar-refractivity contribution is 0.410. The molecule has 1 heterocycles. The lowest BCUT2D eigenvalue weighted by atomic mass is 10.6. The molecule has 0 aliphatic carbocycles. The van der Waals surface area contributed by atoms with Gasteiger partial charge in [0.05, 0.1) is 0 Å². The average molecular weight is 185 g/mol. The molecule has 0 atom stereocenters. The van der Waals surface area contributed by atoms with Crippen LogP contribution in [0.4, 0.5) is 3.89 Å². The van der Waals surface area contributed by atoms with Crippen LogP contribution in [0.2, 0.25) is 0 Å². The smallest absolute Gasteiger partial charge is 0.177 e. The fourth-order valence-corrected chi connectivity index (χ4v) is 2.52. The molecule has 1 saturated heterocycles.